The molecule has 1 heterocycles. The summed E-state index contributed by atoms with van der Waals surface area (Å²) in [5.74, 6) is 0.820. The Morgan fingerprint density at radius 1 is 1.14 bits per heavy atom. The first-order valence-corrected chi connectivity index (χ1v) is 7.35. The molecule has 6 heteroatoms. The van der Waals surface area contributed by atoms with Gasteiger partial charge >= 0.3 is 0 Å². The number of benzene rings is 1. The van der Waals surface area contributed by atoms with Gasteiger partial charge in [-0.15, -0.1) is 0 Å². The van der Waals surface area contributed by atoms with Gasteiger partial charge in [0.2, 0.25) is 12.0 Å². The van der Waals surface area contributed by atoms with Gasteiger partial charge in [-0.1, -0.05) is 12.1 Å². The molecule has 2 rings (SSSR count). The molecule has 22 heavy (non-hydrogen) atoms. The number of hydrogen-bond acceptors (Lipinski definition) is 4. The quantitative estimate of drug-likeness (QED) is 0.837. The number of nitrogens with zero attached hydrogens (tertiary/aromatic N) is 2. The maximum absolute atomic E-state index is 12.7. The lowest BCUT2D eigenvalue weighted by Gasteiger charge is -2.34. The molecule has 0 saturated carbocycles. The van der Waals surface area contributed by atoms with Crippen molar-refractivity contribution >= 4 is 11.8 Å². The second kappa shape index (κ2) is 6.68. The molecule has 1 aromatic rings. The Kier molecular flexibility index (Phi) is 4.90. The lowest BCUT2D eigenvalue weighted by Crippen LogP contribution is -2.52. The van der Waals surface area contributed by atoms with Crippen LogP contribution in [-0.4, -0.2) is 61.0 Å². The van der Waals surface area contributed by atoms with E-state index < -0.39 is 12.2 Å². The molecule has 0 saturated heterocycles. The second-order valence-electron chi connectivity index (χ2n) is 5.45. The van der Waals surface area contributed by atoms with Crippen LogP contribution in [0.1, 0.15) is 13.8 Å². The van der Waals surface area contributed by atoms with E-state index >= 15 is 0 Å². The van der Waals surface area contributed by atoms with Gasteiger partial charge in [0.05, 0.1) is 6.54 Å². The maximum atomic E-state index is 12.7. The summed E-state index contributed by atoms with van der Waals surface area (Å²) >= 11 is 0. The third-order valence-corrected chi connectivity index (χ3v) is 3.60. The van der Waals surface area contributed by atoms with Crippen LogP contribution in [0.15, 0.2) is 24.3 Å². The molecular formula is C16H22N2O4. The average Bonchev–Trinajstić information content (AvgIpc) is 2.50. The summed E-state index contributed by atoms with van der Waals surface area (Å²) < 4.78 is 11.5. The molecule has 0 aromatic heterocycles. The summed E-state index contributed by atoms with van der Waals surface area (Å²) in [6.07, 6.45) is -1.16. The SMILES string of the molecule is CCN(CC(=O)N(C)C)C(=O)[C@@H]1Oc2ccccc2O[C@@H]1C. The van der Waals surface area contributed by atoms with Crippen molar-refractivity contribution in [1.29, 1.82) is 0 Å². The first-order valence-electron chi connectivity index (χ1n) is 7.35. The van der Waals surface area contributed by atoms with Crippen molar-refractivity contribution in [3.63, 3.8) is 0 Å². The molecule has 0 fully saturated rings. The maximum Gasteiger partial charge on any atom is 0.268 e. The van der Waals surface area contributed by atoms with Gasteiger partial charge in [0.1, 0.15) is 6.10 Å². The van der Waals surface area contributed by atoms with E-state index in [0.717, 1.165) is 0 Å². The number of hydrogen-bond donors (Lipinski definition) is 0. The highest BCUT2D eigenvalue weighted by Crippen LogP contribution is 2.33. The van der Waals surface area contributed by atoms with Gasteiger partial charge in [-0.05, 0) is 26.0 Å². The predicted molar refractivity (Wildman–Crippen MR) is 81.9 cm³/mol. The number of rotatable bonds is 4. The van der Waals surface area contributed by atoms with E-state index in [1.165, 1.54) is 9.80 Å². The van der Waals surface area contributed by atoms with E-state index in [2.05, 4.69) is 0 Å². The fraction of sp³-hybridized carbons (Fsp3) is 0.500. The van der Waals surface area contributed by atoms with Gasteiger partial charge in [0.25, 0.3) is 5.91 Å². The van der Waals surface area contributed by atoms with Crippen LogP contribution in [0.4, 0.5) is 0 Å². The number of carbonyl (C=O) groups excluding carboxylic acids is 2. The van der Waals surface area contributed by atoms with Crippen molar-refractivity contribution in [3.8, 4) is 11.5 Å². The number of amides is 2. The van der Waals surface area contributed by atoms with Gasteiger partial charge in [-0.3, -0.25) is 9.59 Å². The lowest BCUT2D eigenvalue weighted by molar-refractivity contribution is -0.148. The van der Waals surface area contributed by atoms with Crippen LogP contribution in [0.25, 0.3) is 0 Å². The number of carbonyl (C=O) groups is 2. The highest BCUT2D eigenvalue weighted by atomic mass is 16.6. The summed E-state index contributed by atoms with van der Waals surface area (Å²) in [6.45, 7) is 4.10. The Bertz CT molecular complexity index is 559. The Labute approximate surface area is 130 Å². The summed E-state index contributed by atoms with van der Waals surface area (Å²) in [7, 11) is 3.33. The molecule has 1 aromatic carbocycles. The van der Waals surface area contributed by atoms with Crippen LogP contribution in [-0.2, 0) is 9.59 Å². The van der Waals surface area contributed by atoms with Crippen LogP contribution in [0.2, 0.25) is 0 Å². The molecule has 2 atom stereocenters. The summed E-state index contributed by atoms with van der Waals surface area (Å²) in [5, 5.41) is 0. The van der Waals surface area contributed by atoms with E-state index in [1.807, 2.05) is 19.1 Å². The molecule has 1 aliphatic heterocycles. The zero-order valence-corrected chi connectivity index (χ0v) is 13.4. The zero-order chi connectivity index (χ0) is 16.3. The molecule has 2 amide bonds. The molecule has 6 nitrogen and oxygen atoms in total. The van der Waals surface area contributed by atoms with E-state index in [0.29, 0.717) is 18.0 Å². The third kappa shape index (κ3) is 3.32. The molecular weight excluding hydrogens is 284 g/mol. The van der Waals surface area contributed by atoms with Crippen LogP contribution in [0, 0.1) is 0 Å². The smallest absolute Gasteiger partial charge is 0.268 e. The summed E-state index contributed by atoms with van der Waals surface area (Å²) in [6, 6.07) is 7.25. The van der Waals surface area contributed by atoms with Crippen molar-refractivity contribution in [2.24, 2.45) is 0 Å². The van der Waals surface area contributed by atoms with E-state index in [9.17, 15) is 9.59 Å². The first-order chi connectivity index (χ1) is 10.4. The molecule has 120 valence electrons. The lowest BCUT2D eigenvalue weighted by atomic mass is 10.1. The molecule has 0 N–H and O–H groups in total. The monoisotopic (exact) mass is 306 g/mol. The Hall–Kier alpha value is -2.24. The molecule has 0 aliphatic carbocycles. The Balaban J connectivity index is 2.12. The topological polar surface area (TPSA) is 59.1 Å². The van der Waals surface area contributed by atoms with E-state index in [-0.39, 0.29) is 18.4 Å². The third-order valence-electron chi connectivity index (χ3n) is 3.60. The highest BCUT2D eigenvalue weighted by molar-refractivity contribution is 5.87. The minimum Gasteiger partial charge on any atom is -0.482 e. The van der Waals surface area contributed by atoms with Crippen molar-refractivity contribution in [1.82, 2.24) is 9.80 Å². The highest BCUT2D eigenvalue weighted by Gasteiger charge is 2.36. The van der Waals surface area contributed by atoms with Crippen LogP contribution in [0.3, 0.4) is 0 Å². The van der Waals surface area contributed by atoms with Crippen LogP contribution >= 0.6 is 0 Å². The van der Waals surface area contributed by atoms with Crippen LogP contribution in [0.5, 0.6) is 11.5 Å². The fourth-order valence-corrected chi connectivity index (χ4v) is 2.22. The van der Waals surface area contributed by atoms with Gasteiger partial charge in [-0.2, -0.15) is 0 Å². The standard InChI is InChI=1S/C16H22N2O4/c1-5-18(10-14(19)17(3)4)16(20)15-11(2)21-12-8-6-7-9-13(12)22-15/h6-9,11,15H,5,10H2,1-4H3/t11-,15-/m1/s1. The summed E-state index contributed by atoms with van der Waals surface area (Å²) in [5.41, 5.74) is 0. The fourth-order valence-electron chi connectivity index (χ4n) is 2.22. The second-order valence-corrected chi connectivity index (χ2v) is 5.45. The predicted octanol–water partition coefficient (Wildman–Crippen LogP) is 1.15. The minimum absolute atomic E-state index is 0.0383. The average molecular weight is 306 g/mol. The van der Waals surface area contributed by atoms with Crippen molar-refractivity contribution in [2.45, 2.75) is 26.1 Å². The first kappa shape index (κ1) is 16.1. The van der Waals surface area contributed by atoms with Gasteiger partial charge in [0, 0.05) is 20.6 Å². The van der Waals surface area contributed by atoms with Crippen molar-refractivity contribution < 1.29 is 19.1 Å². The molecule has 0 spiro atoms. The Morgan fingerprint density at radius 3 is 2.27 bits per heavy atom. The van der Waals surface area contributed by atoms with Gasteiger partial charge < -0.3 is 19.3 Å². The van der Waals surface area contributed by atoms with Gasteiger partial charge in [0.15, 0.2) is 11.5 Å². The summed E-state index contributed by atoms with van der Waals surface area (Å²) in [4.78, 5) is 27.4. The number of likely N-dealkylation sites (N-methyl/N-ethyl adjacent to an activating group) is 2. The normalized spacial score (nSPS) is 19.5. The molecule has 1 aliphatic rings. The van der Waals surface area contributed by atoms with Gasteiger partial charge in [-0.25, -0.2) is 0 Å². The molecule has 0 bridgehead atoms. The van der Waals surface area contributed by atoms with E-state index in [1.54, 1.807) is 33.2 Å². The molecule has 0 radical (unpaired) electrons. The van der Waals surface area contributed by atoms with E-state index in [4.69, 9.17) is 9.47 Å². The van der Waals surface area contributed by atoms with Crippen molar-refractivity contribution in [3.05, 3.63) is 24.3 Å². The zero-order valence-electron chi connectivity index (χ0n) is 13.4. The number of para-hydroxylation sites is 2. The number of fused-ring (bicyclic) bond motifs is 1. The number of ether oxygens (including phenoxy) is 2. The van der Waals surface area contributed by atoms with Crippen molar-refractivity contribution in [2.75, 3.05) is 27.2 Å². The largest absolute Gasteiger partial charge is 0.482 e. The molecule has 0 unspecified atom stereocenters. The Morgan fingerprint density at radius 2 is 1.73 bits per heavy atom. The minimum atomic E-state index is -0.746. The van der Waals surface area contributed by atoms with Crippen LogP contribution < -0.4 is 9.47 Å².